The van der Waals surface area contributed by atoms with Crippen molar-refractivity contribution in [3.05, 3.63) is 84.8 Å². The molecule has 0 saturated carbocycles. The van der Waals surface area contributed by atoms with Gasteiger partial charge in [0.1, 0.15) is 17.4 Å². The molecular formula is C19H16ClFN2O3. The predicted octanol–water partition coefficient (Wildman–Crippen LogP) is 3.72. The van der Waals surface area contributed by atoms with Crippen molar-refractivity contribution in [2.75, 3.05) is 0 Å². The van der Waals surface area contributed by atoms with E-state index < -0.39 is 5.43 Å². The lowest BCUT2D eigenvalue weighted by Gasteiger charge is -2.10. The summed E-state index contributed by atoms with van der Waals surface area (Å²) in [6.07, 6.45) is 1.42. The fraction of sp³-hybridized carbons (Fsp3) is 0.158. The minimum absolute atomic E-state index is 0.0571. The van der Waals surface area contributed by atoms with Gasteiger partial charge in [0.2, 0.25) is 5.43 Å². The highest BCUT2D eigenvalue weighted by atomic mass is 35.5. The van der Waals surface area contributed by atoms with E-state index in [1.165, 1.54) is 24.4 Å². The molecule has 0 unspecified atom stereocenters. The van der Waals surface area contributed by atoms with Crippen LogP contribution >= 0.6 is 11.6 Å². The van der Waals surface area contributed by atoms with E-state index in [1.807, 2.05) is 0 Å². The molecule has 2 aromatic heterocycles. The van der Waals surface area contributed by atoms with Crippen molar-refractivity contribution >= 4 is 11.6 Å². The molecule has 134 valence electrons. The van der Waals surface area contributed by atoms with Crippen LogP contribution in [0.2, 0.25) is 5.02 Å². The van der Waals surface area contributed by atoms with Gasteiger partial charge in [0, 0.05) is 23.7 Å². The first kappa shape index (κ1) is 17.9. The van der Waals surface area contributed by atoms with Crippen molar-refractivity contribution in [1.29, 1.82) is 0 Å². The zero-order valence-corrected chi connectivity index (χ0v) is 14.9. The summed E-state index contributed by atoms with van der Waals surface area (Å²) in [5.41, 5.74) is 1.54. The average molecular weight is 375 g/mol. The smallest absolute Gasteiger partial charge is 0.208 e. The van der Waals surface area contributed by atoms with Crippen molar-refractivity contribution < 1.29 is 9.13 Å². The van der Waals surface area contributed by atoms with E-state index in [0.29, 0.717) is 11.4 Å². The van der Waals surface area contributed by atoms with Crippen LogP contribution < -0.4 is 15.6 Å². The number of rotatable bonds is 4. The topological polar surface area (TPSA) is 75.0 Å². The second-order valence-corrected chi connectivity index (χ2v) is 6.26. The molecule has 0 aliphatic heterocycles. The Morgan fingerprint density at radius 1 is 1.12 bits per heavy atom. The van der Waals surface area contributed by atoms with Crippen LogP contribution in [0.1, 0.15) is 17.0 Å². The first-order chi connectivity index (χ1) is 12.4. The molecule has 3 rings (SSSR count). The van der Waals surface area contributed by atoms with Gasteiger partial charge in [-0.15, -0.1) is 0 Å². The van der Waals surface area contributed by atoms with Crippen molar-refractivity contribution in [3.8, 4) is 17.0 Å². The second-order valence-electron chi connectivity index (χ2n) is 5.88. The number of nitrogens with one attached hydrogen (secondary N) is 2. The maximum Gasteiger partial charge on any atom is 0.208 e. The predicted molar refractivity (Wildman–Crippen MR) is 98.3 cm³/mol. The van der Waals surface area contributed by atoms with Crippen LogP contribution in [0.15, 0.2) is 46.1 Å². The van der Waals surface area contributed by atoms with E-state index in [1.54, 1.807) is 26.0 Å². The first-order valence-corrected chi connectivity index (χ1v) is 8.24. The van der Waals surface area contributed by atoms with Gasteiger partial charge in [-0.1, -0.05) is 23.7 Å². The van der Waals surface area contributed by atoms with Crippen LogP contribution in [-0.4, -0.2) is 9.97 Å². The highest BCUT2D eigenvalue weighted by molar-refractivity contribution is 6.31. The number of aromatic amines is 2. The highest BCUT2D eigenvalue weighted by Gasteiger charge is 2.16. The molecule has 1 aromatic carbocycles. The molecule has 0 bridgehead atoms. The molecule has 2 heterocycles. The number of ether oxygens (including phenoxy) is 1. The number of pyridine rings is 2. The molecule has 0 amide bonds. The standard InChI is InChI=1S/C19H16ClFN2O3/c1-10-17(19(25)18(20)11(2)23-10)14-8-22-16(7-15(14)24)26-9-12-3-5-13(21)6-4-12/h3-8H,9H2,1-2H3,(H,22,24)(H,23,25). The quantitative estimate of drug-likeness (QED) is 0.730. The molecule has 3 aromatic rings. The lowest BCUT2D eigenvalue weighted by molar-refractivity contribution is 0.293. The van der Waals surface area contributed by atoms with Gasteiger partial charge in [-0.25, -0.2) is 4.39 Å². The van der Waals surface area contributed by atoms with Gasteiger partial charge in [-0.3, -0.25) is 9.59 Å². The fourth-order valence-corrected chi connectivity index (χ4v) is 2.79. The van der Waals surface area contributed by atoms with Crippen LogP contribution in [-0.2, 0) is 6.61 Å². The van der Waals surface area contributed by atoms with Crippen LogP contribution in [0, 0.1) is 19.7 Å². The molecule has 0 radical (unpaired) electrons. The normalized spacial score (nSPS) is 10.8. The minimum atomic E-state index is -0.397. The number of benzene rings is 1. The summed E-state index contributed by atoms with van der Waals surface area (Å²) in [6, 6.07) is 7.13. The fourth-order valence-electron chi connectivity index (χ4n) is 2.65. The minimum Gasteiger partial charge on any atom is -0.474 e. The molecule has 0 fully saturated rings. The van der Waals surface area contributed by atoms with E-state index >= 15 is 0 Å². The molecule has 2 N–H and O–H groups in total. The van der Waals surface area contributed by atoms with E-state index in [9.17, 15) is 14.0 Å². The van der Waals surface area contributed by atoms with Crippen LogP contribution in [0.25, 0.3) is 11.1 Å². The van der Waals surface area contributed by atoms with E-state index in [4.69, 9.17) is 16.3 Å². The Kier molecular flexibility index (Phi) is 4.95. The zero-order chi connectivity index (χ0) is 18.8. The summed E-state index contributed by atoms with van der Waals surface area (Å²) in [5, 5.41) is 0.0571. The molecule has 26 heavy (non-hydrogen) atoms. The zero-order valence-electron chi connectivity index (χ0n) is 14.2. The van der Waals surface area contributed by atoms with Gasteiger partial charge in [-0.05, 0) is 31.5 Å². The Morgan fingerprint density at radius 2 is 1.81 bits per heavy atom. The van der Waals surface area contributed by atoms with Gasteiger partial charge < -0.3 is 14.7 Å². The van der Waals surface area contributed by atoms with Crippen molar-refractivity contribution in [2.45, 2.75) is 20.5 Å². The molecule has 7 heteroatoms. The lowest BCUT2D eigenvalue weighted by Crippen LogP contribution is -2.17. The summed E-state index contributed by atoms with van der Waals surface area (Å²) in [4.78, 5) is 30.7. The van der Waals surface area contributed by atoms with Crippen molar-refractivity contribution in [1.82, 2.24) is 9.97 Å². The van der Waals surface area contributed by atoms with Crippen LogP contribution in [0.3, 0.4) is 0 Å². The van der Waals surface area contributed by atoms with Gasteiger partial charge in [-0.2, -0.15) is 0 Å². The molecule has 0 spiro atoms. The van der Waals surface area contributed by atoms with Gasteiger partial charge >= 0.3 is 0 Å². The summed E-state index contributed by atoms with van der Waals surface area (Å²) in [7, 11) is 0. The average Bonchev–Trinajstić information content (AvgIpc) is 2.61. The maximum atomic E-state index is 12.9. The number of H-pyrrole nitrogens is 2. The summed E-state index contributed by atoms with van der Waals surface area (Å²) in [5.74, 6) is -0.0841. The van der Waals surface area contributed by atoms with Crippen molar-refractivity contribution in [2.24, 2.45) is 0 Å². The van der Waals surface area contributed by atoms with Crippen LogP contribution in [0.4, 0.5) is 4.39 Å². The molecule has 0 atom stereocenters. The van der Waals surface area contributed by atoms with E-state index in [-0.39, 0.29) is 39.9 Å². The Bertz CT molecular complexity index is 1070. The van der Waals surface area contributed by atoms with Gasteiger partial charge in [0.05, 0.1) is 11.1 Å². The third-order valence-corrected chi connectivity index (χ3v) is 4.42. The highest BCUT2D eigenvalue weighted by Crippen LogP contribution is 2.20. The van der Waals surface area contributed by atoms with Gasteiger partial charge in [0.15, 0.2) is 11.3 Å². The number of hydrogen-bond acceptors (Lipinski definition) is 3. The molecular weight excluding hydrogens is 359 g/mol. The van der Waals surface area contributed by atoms with Crippen molar-refractivity contribution in [3.63, 3.8) is 0 Å². The number of aromatic nitrogens is 2. The Morgan fingerprint density at radius 3 is 2.46 bits per heavy atom. The van der Waals surface area contributed by atoms with E-state index in [0.717, 1.165) is 5.56 Å². The third-order valence-electron chi connectivity index (χ3n) is 3.97. The van der Waals surface area contributed by atoms with E-state index in [2.05, 4.69) is 9.97 Å². The monoisotopic (exact) mass is 374 g/mol. The largest absolute Gasteiger partial charge is 0.474 e. The summed E-state index contributed by atoms with van der Waals surface area (Å²) in [6.45, 7) is 3.57. The maximum absolute atomic E-state index is 12.9. The number of hydrogen-bond donors (Lipinski definition) is 2. The molecule has 0 aliphatic rings. The number of aryl methyl sites for hydroxylation is 2. The first-order valence-electron chi connectivity index (χ1n) is 7.86. The molecule has 0 saturated heterocycles. The van der Waals surface area contributed by atoms with Gasteiger partial charge in [0.25, 0.3) is 0 Å². The van der Waals surface area contributed by atoms with Crippen LogP contribution in [0.5, 0.6) is 5.88 Å². The Labute approximate surface area is 153 Å². The second kappa shape index (κ2) is 7.17. The Hall–Kier alpha value is -2.86. The third kappa shape index (κ3) is 3.55. The molecule has 0 aliphatic carbocycles. The lowest BCUT2D eigenvalue weighted by atomic mass is 10.0. The summed E-state index contributed by atoms with van der Waals surface area (Å²) < 4.78 is 18.4. The summed E-state index contributed by atoms with van der Waals surface area (Å²) >= 11 is 6.01. The number of halogens is 2. The SMILES string of the molecule is Cc1[nH]c(C)c(-c2c[nH]c(OCc3ccc(F)cc3)cc2=O)c(=O)c1Cl. The Balaban J connectivity index is 1.89. The molecule has 5 nitrogen and oxygen atoms in total.